The van der Waals surface area contributed by atoms with Gasteiger partial charge in [-0.15, -0.1) is 0 Å². The van der Waals surface area contributed by atoms with Gasteiger partial charge in [-0.05, 0) is 51.0 Å². The normalized spacial score (nSPS) is 33.6. The van der Waals surface area contributed by atoms with Crippen molar-refractivity contribution < 1.29 is 9.90 Å². The molecule has 4 nitrogen and oxygen atoms in total. The molecule has 0 aromatic heterocycles. The van der Waals surface area contributed by atoms with Gasteiger partial charge in [-0.1, -0.05) is 0 Å². The standard InChI is InChI=1S/C13H24N2O2/c16-12-5-3-10(4-6-12)9-15-13(17)8-11-2-1-7-14-11/h10-12,14,16H,1-9H2,(H,15,17). The van der Waals surface area contributed by atoms with Crippen molar-refractivity contribution in [3.63, 3.8) is 0 Å². The number of nitrogens with one attached hydrogen (secondary N) is 2. The molecule has 0 radical (unpaired) electrons. The molecule has 2 aliphatic rings. The summed E-state index contributed by atoms with van der Waals surface area (Å²) in [4.78, 5) is 11.7. The molecule has 2 rings (SSSR count). The quantitative estimate of drug-likeness (QED) is 0.681. The largest absolute Gasteiger partial charge is 0.393 e. The van der Waals surface area contributed by atoms with Crippen molar-refractivity contribution in [2.45, 2.75) is 57.1 Å². The van der Waals surface area contributed by atoms with Crippen LogP contribution in [0.2, 0.25) is 0 Å². The van der Waals surface area contributed by atoms with E-state index in [0.717, 1.165) is 45.2 Å². The van der Waals surface area contributed by atoms with Crippen LogP contribution in [0.5, 0.6) is 0 Å². The van der Waals surface area contributed by atoms with Crippen LogP contribution in [0.25, 0.3) is 0 Å². The lowest BCUT2D eigenvalue weighted by atomic mass is 9.87. The van der Waals surface area contributed by atoms with Crippen LogP contribution in [0.4, 0.5) is 0 Å². The van der Waals surface area contributed by atoms with E-state index in [1.807, 2.05) is 0 Å². The maximum atomic E-state index is 11.7. The van der Waals surface area contributed by atoms with Crippen LogP contribution in [0.3, 0.4) is 0 Å². The fourth-order valence-corrected chi connectivity index (χ4v) is 2.83. The molecule has 1 atom stereocenters. The lowest BCUT2D eigenvalue weighted by Gasteiger charge is -2.25. The van der Waals surface area contributed by atoms with Crippen LogP contribution in [0.1, 0.15) is 44.9 Å². The van der Waals surface area contributed by atoms with E-state index in [9.17, 15) is 9.90 Å². The first kappa shape index (κ1) is 12.8. The predicted octanol–water partition coefficient (Wildman–Crippen LogP) is 0.796. The number of hydrogen-bond acceptors (Lipinski definition) is 3. The van der Waals surface area contributed by atoms with Gasteiger partial charge < -0.3 is 15.7 Å². The van der Waals surface area contributed by atoms with Crippen molar-refractivity contribution >= 4 is 5.91 Å². The Labute approximate surface area is 103 Å². The maximum absolute atomic E-state index is 11.7. The molecule has 3 N–H and O–H groups in total. The number of amides is 1. The minimum Gasteiger partial charge on any atom is -0.393 e. The minimum atomic E-state index is -0.107. The molecular weight excluding hydrogens is 216 g/mol. The van der Waals surface area contributed by atoms with Gasteiger partial charge in [-0.2, -0.15) is 0 Å². The number of aliphatic hydroxyl groups excluding tert-OH is 1. The van der Waals surface area contributed by atoms with E-state index in [1.54, 1.807) is 0 Å². The monoisotopic (exact) mass is 240 g/mol. The van der Waals surface area contributed by atoms with Crippen molar-refractivity contribution in [2.24, 2.45) is 5.92 Å². The molecule has 1 saturated heterocycles. The highest BCUT2D eigenvalue weighted by molar-refractivity contribution is 5.76. The summed E-state index contributed by atoms with van der Waals surface area (Å²) < 4.78 is 0. The summed E-state index contributed by atoms with van der Waals surface area (Å²) in [6.07, 6.45) is 6.71. The number of aliphatic hydroxyl groups is 1. The molecule has 1 amide bonds. The van der Waals surface area contributed by atoms with E-state index in [2.05, 4.69) is 10.6 Å². The highest BCUT2D eigenvalue weighted by Gasteiger charge is 2.21. The van der Waals surface area contributed by atoms with Crippen LogP contribution in [0.15, 0.2) is 0 Å². The van der Waals surface area contributed by atoms with E-state index in [0.29, 0.717) is 18.4 Å². The minimum absolute atomic E-state index is 0.107. The fourth-order valence-electron chi connectivity index (χ4n) is 2.83. The fraction of sp³-hybridized carbons (Fsp3) is 0.923. The third kappa shape index (κ3) is 4.28. The van der Waals surface area contributed by atoms with Crippen LogP contribution < -0.4 is 10.6 Å². The summed E-state index contributed by atoms with van der Waals surface area (Å²) in [6.45, 7) is 1.84. The Hall–Kier alpha value is -0.610. The van der Waals surface area contributed by atoms with E-state index < -0.39 is 0 Å². The highest BCUT2D eigenvalue weighted by Crippen LogP contribution is 2.23. The molecule has 4 heteroatoms. The lowest BCUT2D eigenvalue weighted by molar-refractivity contribution is -0.121. The van der Waals surface area contributed by atoms with Crippen molar-refractivity contribution in [3.8, 4) is 0 Å². The SMILES string of the molecule is O=C(CC1CCCN1)NCC1CCC(O)CC1. The molecule has 1 unspecified atom stereocenters. The Bertz CT molecular complexity index is 244. The number of hydrogen-bond donors (Lipinski definition) is 3. The van der Waals surface area contributed by atoms with Crippen molar-refractivity contribution in [2.75, 3.05) is 13.1 Å². The van der Waals surface area contributed by atoms with E-state index in [1.165, 1.54) is 6.42 Å². The summed E-state index contributed by atoms with van der Waals surface area (Å²) in [5, 5.41) is 15.8. The smallest absolute Gasteiger partial charge is 0.221 e. The van der Waals surface area contributed by atoms with E-state index in [-0.39, 0.29) is 12.0 Å². The van der Waals surface area contributed by atoms with Gasteiger partial charge in [-0.3, -0.25) is 4.79 Å². The molecule has 1 heterocycles. The first-order chi connectivity index (χ1) is 8.24. The molecule has 0 aromatic rings. The zero-order valence-corrected chi connectivity index (χ0v) is 10.5. The van der Waals surface area contributed by atoms with Crippen molar-refractivity contribution in [1.82, 2.24) is 10.6 Å². The molecule has 0 spiro atoms. The number of carbonyl (C=O) groups excluding carboxylic acids is 1. The third-order valence-electron chi connectivity index (χ3n) is 4.00. The van der Waals surface area contributed by atoms with Crippen LogP contribution in [0, 0.1) is 5.92 Å². The maximum Gasteiger partial charge on any atom is 0.221 e. The van der Waals surface area contributed by atoms with Crippen molar-refractivity contribution in [1.29, 1.82) is 0 Å². The lowest BCUT2D eigenvalue weighted by Crippen LogP contribution is -2.35. The molecule has 0 aromatic carbocycles. The molecule has 1 saturated carbocycles. The van der Waals surface area contributed by atoms with Gasteiger partial charge in [-0.25, -0.2) is 0 Å². The van der Waals surface area contributed by atoms with E-state index in [4.69, 9.17) is 0 Å². The third-order valence-corrected chi connectivity index (χ3v) is 4.00. The van der Waals surface area contributed by atoms with Crippen LogP contribution >= 0.6 is 0 Å². The van der Waals surface area contributed by atoms with Gasteiger partial charge in [0.25, 0.3) is 0 Å². The van der Waals surface area contributed by atoms with Gasteiger partial charge in [0.1, 0.15) is 0 Å². The van der Waals surface area contributed by atoms with Gasteiger partial charge in [0.2, 0.25) is 5.91 Å². The average molecular weight is 240 g/mol. The second-order valence-electron chi connectivity index (χ2n) is 5.48. The number of carbonyl (C=O) groups is 1. The highest BCUT2D eigenvalue weighted by atomic mass is 16.3. The summed E-state index contributed by atoms with van der Waals surface area (Å²) in [7, 11) is 0. The Morgan fingerprint density at radius 2 is 2.00 bits per heavy atom. The van der Waals surface area contributed by atoms with Gasteiger partial charge in [0.15, 0.2) is 0 Å². The average Bonchev–Trinajstić information content (AvgIpc) is 2.81. The Morgan fingerprint density at radius 1 is 1.24 bits per heavy atom. The number of rotatable bonds is 4. The Kier molecular flexibility index (Phi) is 4.80. The topological polar surface area (TPSA) is 61.4 Å². The first-order valence-electron chi connectivity index (χ1n) is 6.92. The predicted molar refractivity (Wildman–Crippen MR) is 66.6 cm³/mol. The Balaban J connectivity index is 1.59. The molecule has 0 bridgehead atoms. The van der Waals surface area contributed by atoms with Gasteiger partial charge in [0.05, 0.1) is 6.10 Å². The van der Waals surface area contributed by atoms with Crippen LogP contribution in [-0.2, 0) is 4.79 Å². The van der Waals surface area contributed by atoms with E-state index >= 15 is 0 Å². The molecule has 98 valence electrons. The molecule has 17 heavy (non-hydrogen) atoms. The summed E-state index contributed by atoms with van der Waals surface area (Å²) in [5.41, 5.74) is 0. The van der Waals surface area contributed by atoms with Crippen LogP contribution in [-0.4, -0.2) is 36.2 Å². The second-order valence-corrected chi connectivity index (χ2v) is 5.48. The molecule has 1 aliphatic carbocycles. The summed E-state index contributed by atoms with van der Waals surface area (Å²) in [6, 6.07) is 0.392. The first-order valence-corrected chi connectivity index (χ1v) is 6.92. The molecule has 1 aliphatic heterocycles. The zero-order chi connectivity index (χ0) is 12.1. The molecular formula is C13H24N2O2. The summed E-state index contributed by atoms with van der Waals surface area (Å²) >= 11 is 0. The van der Waals surface area contributed by atoms with Gasteiger partial charge >= 0.3 is 0 Å². The van der Waals surface area contributed by atoms with Crippen molar-refractivity contribution in [3.05, 3.63) is 0 Å². The van der Waals surface area contributed by atoms with Gasteiger partial charge in [0, 0.05) is 19.0 Å². The second kappa shape index (κ2) is 6.36. The Morgan fingerprint density at radius 3 is 2.65 bits per heavy atom. The molecule has 2 fully saturated rings. The summed E-state index contributed by atoms with van der Waals surface area (Å²) in [5.74, 6) is 0.745. The zero-order valence-electron chi connectivity index (χ0n) is 10.5.